The van der Waals surface area contributed by atoms with Crippen molar-refractivity contribution in [2.24, 2.45) is 0 Å². The summed E-state index contributed by atoms with van der Waals surface area (Å²) in [7, 11) is 0. The summed E-state index contributed by atoms with van der Waals surface area (Å²) in [6.07, 6.45) is 5.44. The number of rotatable bonds is 2. The molecule has 2 saturated heterocycles. The van der Waals surface area contributed by atoms with Gasteiger partial charge in [0.15, 0.2) is 0 Å². The van der Waals surface area contributed by atoms with E-state index in [0.717, 1.165) is 63.1 Å². The first kappa shape index (κ1) is 17.4. The maximum absolute atomic E-state index is 12.8. The van der Waals surface area contributed by atoms with Gasteiger partial charge in [0.25, 0.3) is 5.56 Å². The van der Waals surface area contributed by atoms with Crippen LogP contribution >= 0.6 is 0 Å². The third kappa shape index (κ3) is 2.90. The van der Waals surface area contributed by atoms with Crippen molar-refractivity contribution >= 4 is 17.7 Å². The van der Waals surface area contributed by atoms with Crippen LogP contribution in [0.25, 0.3) is 0 Å². The molecule has 1 atom stereocenters. The molecule has 9 nitrogen and oxygen atoms in total. The summed E-state index contributed by atoms with van der Waals surface area (Å²) in [4.78, 5) is 33.9. The Morgan fingerprint density at radius 2 is 2.00 bits per heavy atom. The minimum absolute atomic E-state index is 0.000644. The summed E-state index contributed by atoms with van der Waals surface area (Å²) >= 11 is 0. The van der Waals surface area contributed by atoms with E-state index >= 15 is 0 Å². The minimum atomic E-state index is -0.128. The van der Waals surface area contributed by atoms with Crippen LogP contribution in [0.3, 0.4) is 0 Å². The molecule has 2 aliphatic heterocycles. The molecule has 9 heteroatoms. The molecule has 0 bridgehead atoms. The number of hydrogen-bond donors (Lipinski definition) is 2. The molecule has 2 aromatic heterocycles. The summed E-state index contributed by atoms with van der Waals surface area (Å²) in [5, 5.41) is 0. The second-order valence-corrected chi connectivity index (χ2v) is 7.90. The van der Waals surface area contributed by atoms with Crippen LogP contribution in [-0.2, 0) is 16.6 Å². The van der Waals surface area contributed by atoms with Crippen molar-refractivity contribution in [2.45, 2.75) is 31.1 Å². The van der Waals surface area contributed by atoms with Gasteiger partial charge < -0.3 is 20.3 Å². The third-order valence-corrected chi connectivity index (χ3v) is 6.19. The molecule has 3 N–H and O–H groups in total. The van der Waals surface area contributed by atoms with Gasteiger partial charge in [-0.2, -0.15) is 4.98 Å². The van der Waals surface area contributed by atoms with Gasteiger partial charge in [0.05, 0.1) is 18.9 Å². The predicted octanol–water partition coefficient (Wildman–Crippen LogP) is 0.463. The van der Waals surface area contributed by atoms with Crippen molar-refractivity contribution in [2.75, 3.05) is 54.9 Å². The molecule has 0 amide bonds. The lowest BCUT2D eigenvalue weighted by molar-refractivity contribution is 0.122. The summed E-state index contributed by atoms with van der Waals surface area (Å²) in [6.45, 7) is 4.47. The Labute approximate surface area is 162 Å². The third-order valence-electron chi connectivity index (χ3n) is 6.19. The number of aromatic nitrogens is 4. The minimum Gasteiger partial charge on any atom is -0.384 e. The van der Waals surface area contributed by atoms with Crippen LogP contribution in [0.1, 0.15) is 30.5 Å². The number of nitrogens with one attached hydrogen (secondary N) is 1. The molecule has 4 heterocycles. The molecule has 3 aliphatic rings. The van der Waals surface area contributed by atoms with Crippen LogP contribution in [0.5, 0.6) is 0 Å². The number of H-pyrrole nitrogens is 1. The Morgan fingerprint density at radius 3 is 2.82 bits per heavy atom. The Balaban J connectivity index is 1.50. The number of fused-ring (bicyclic) bond motifs is 2. The van der Waals surface area contributed by atoms with E-state index in [-0.39, 0.29) is 11.0 Å². The topological polar surface area (TPSA) is 113 Å². The molecule has 1 aliphatic carbocycles. The second-order valence-electron chi connectivity index (χ2n) is 7.90. The van der Waals surface area contributed by atoms with Gasteiger partial charge in [-0.3, -0.25) is 9.78 Å². The average molecular weight is 383 g/mol. The number of anilines is 3. The summed E-state index contributed by atoms with van der Waals surface area (Å²) in [5.74, 6) is 1.80. The van der Waals surface area contributed by atoms with Crippen LogP contribution < -0.4 is 21.1 Å². The Kier molecular flexibility index (Phi) is 4.19. The van der Waals surface area contributed by atoms with E-state index in [1.54, 1.807) is 12.3 Å². The van der Waals surface area contributed by atoms with Crippen molar-refractivity contribution in [1.29, 1.82) is 0 Å². The Hall–Kier alpha value is -2.68. The number of nitrogens with zero attached hydrogens (tertiary/aromatic N) is 5. The van der Waals surface area contributed by atoms with E-state index in [1.807, 2.05) is 0 Å². The number of nitrogens with two attached hydrogens (primary N) is 1. The fourth-order valence-electron chi connectivity index (χ4n) is 4.78. The average Bonchev–Trinajstić information content (AvgIpc) is 3.07. The van der Waals surface area contributed by atoms with Gasteiger partial charge in [-0.25, -0.2) is 9.97 Å². The SMILES string of the molecule is Nc1ccnc(N2CCCC3(CCc4c3nc(N3CCOCC3)[nH]c4=O)C2)n1. The lowest BCUT2D eigenvalue weighted by Gasteiger charge is -2.40. The zero-order valence-corrected chi connectivity index (χ0v) is 15.9. The Morgan fingerprint density at radius 1 is 1.14 bits per heavy atom. The number of aromatic amines is 1. The fraction of sp³-hybridized carbons (Fsp3) is 0.579. The van der Waals surface area contributed by atoms with Crippen LogP contribution in [-0.4, -0.2) is 59.3 Å². The van der Waals surface area contributed by atoms with Gasteiger partial charge in [0, 0.05) is 43.4 Å². The highest BCUT2D eigenvalue weighted by molar-refractivity contribution is 5.45. The molecule has 28 heavy (non-hydrogen) atoms. The number of piperidine rings is 1. The molecule has 0 saturated carbocycles. The maximum atomic E-state index is 12.8. The molecular formula is C19H25N7O2. The first-order valence-corrected chi connectivity index (χ1v) is 9.94. The van der Waals surface area contributed by atoms with Gasteiger partial charge in [-0.15, -0.1) is 0 Å². The molecule has 2 aromatic rings. The molecular weight excluding hydrogens is 358 g/mol. The molecule has 1 unspecified atom stereocenters. The van der Waals surface area contributed by atoms with Crippen LogP contribution in [0.4, 0.5) is 17.7 Å². The van der Waals surface area contributed by atoms with E-state index in [1.165, 1.54) is 0 Å². The first-order valence-electron chi connectivity index (χ1n) is 9.94. The largest absolute Gasteiger partial charge is 0.384 e. The smallest absolute Gasteiger partial charge is 0.255 e. The van der Waals surface area contributed by atoms with Gasteiger partial charge in [-0.1, -0.05) is 0 Å². The zero-order chi connectivity index (χ0) is 19.1. The van der Waals surface area contributed by atoms with Gasteiger partial charge in [0.2, 0.25) is 11.9 Å². The first-order chi connectivity index (χ1) is 13.6. The lowest BCUT2D eigenvalue weighted by Crippen LogP contribution is -2.47. The molecule has 2 fully saturated rings. The van der Waals surface area contributed by atoms with Crippen molar-refractivity contribution in [1.82, 2.24) is 19.9 Å². The van der Waals surface area contributed by atoms with E-state index in [4.69, 9.17) is 15.5 Å². The molecule has 5 rings (SSSR count). The summed E-state index contributed by atoms with van der Waals surface area (Å²) < 4.78 is 5.43. The fourth-order valence-corrected chi connectivity index (χ4v) is 4.78. The highest BCUT2D eigenvalue weighted by Crippen LogP contribution is 2.43. The predicted molar refractivity (Wildman–Crippen MR) is 106 cm³/mol. The normalized spacial score (nSPS) is 24.6. The number of hydrogen-bond acceptors (Lipinski definition) is 8. The molecule has 0 aromatic carbocycles. The van der Waals surface area contributed by atoms with E-state index in [2.05, 4.69) is 24.8 Å². The zero-order valence-electron chi connectivity index (χ0n) is 15.9. The lowest BCUT2D eigenvalue weighted by atomic mass is 9.77. The second kappa shape index (κ2) is 6.73. The van der Waals surface area contributed by atoms with Gasteiger partial charge in [-0.05, 0) is 31.7 Å². The highest BCUT2D eigenvalue weighted by Gasteiger charge is 2.45. The van der Waals surface area contributed by atoms with E-state index in [9.17, 15) is 4.79 Å². The van der Waals surface area contributed by atoms with Crippen molar-refractivity contribution < 1.29 is 4.74 Å². The maximum Gasteiger partial charge on any atom is 0.255 e. The quantitative estimate of drug-likeness (QED) is 0.769. The van der Waals surface area contributed by atoms with Gasteiger partial charge in [0.1, 0.15) is 5.82 Å². The van der Waals surface area contributed by atoms with E-state index < -0.39 is 0 Å². The van der Waals surface area contributed by atoms with Crippen molar-refractivity contribution in [3.05, 3.63) is 33.9 Å². The van der Waals surface area contributed by atoms with Crippen LogP contribution in [0, 0.1) is 0 Å². The summed E-state index contributed by atoms with van der Waals surface area (Å²) in [5.41, 5.74) is 7.53. The number of nitrogen functional groups attached to an aromatic ring is 1. The van der Waals surface area contributed by atoms with Crippen molar-refractivity contribution in [3.8, 4) is 0 Å². The standard InChI is InChI=1S/C19H25N7O2/c20-14-3-6-21-17(22-14)26-7-1-4-19(12-26)5-2-13-15(19)23-18(24-16(13)27)25-8-10-28-11-9-25/h3,6H,1-2,4-5,7-12H2,(H2,20,21,22)(H,23,24,27). The Bertz CT molecular complexity index is 940. The number of morpholine rings is 1. The molecule has 148 valence electrons. The number of ether oxygens (including phenoxy) is 1. The van der Waals surface area contributed by atoms with Gasteiger partial charge >= 0.3 is 0 Å². The van der Waals surface area contributed by atoms with Crippen LogP contribution in [0.2, 0.25) is 0 Å². The monoisotopic (exact) mass is 383 g/mol. The van der Waals surface area contributed by atoms with Crippen molar-refractivity contribution in [3.63, 3.8) is 0 Å². The highest BCUT2D eigenvalue weighted by atomic mass is 16.5. The van der Waals surface area contributed by atoms with Crippen LogP contribution in [0.15, 0.2) is 17.1 Å². The summed E-state index contributed by atoms with van der Waals surface area (Å²) in [6, 6.07) is 1.70. The molecule has 1 spiro atoms. The molecule has 0 radical (unpaired) electrons. The van der Waals surface area contributed by atoms with E-state index in [0.29, 0.717) is 30.9 Å².